The first-order chi connectivity index (χ1) is 10.8. The molecule has 0 saturated carbocycles. The number of ether oxygens (including phenoxy) is 2. The molecule has 2 N–H and O–H groups in total. The van der Waals surface area contributed by atoms with Crippen molar-refractivity contribution in [2.75, 3.05) is 23.7 Å². The monoisotopic (exact) mass is 371 g/mol. The van der Waals surface area contributed by atoms with Crippen LogP contribution in [-0.2, 0) is 4.79 Å². The first kappa shape index (κ1) is 16.4. The first-order valence-corrected chi connectivity index (χ1v) is 8.80. The summed E-state index contributed by atoms with van der Waals surface area (Å²) < 4.78 is 10.7. The average molecular weight is 372 g/mol. The summed E-state index contributed by atoms with van der Waals surface area (Å²) in [4.78, 5) is 16.5. The maximum Gasteiger partial charge on any atom is 0.244 e. The summed E-state index contributed by atoms with van der Waals surface area (Å²) >= 11 is 3.13. The van der Waals surface area contributed by atoms with Crippen molar-refractivity contribution in [3.8, 4) is 22.8 Å². The second kappa shape index (κ2) is 6.96. The number of hydrogen-bond acceptors (Lipinski definition) is 7. The van der Waals surface area contributed by atoms with Crippen LogP contribution in [-0.4, -0.2) is 35.4 Å². The third kappa shape index (κ3) is 3.40. The van der Waals surface area contributed by atoms with Crippen LogP contribution in [0.25, 0.3) is 11.3 Å². The Kier molecular flexibility index (Phi) is 4.96. The molecule has 0 aliphatic carbocycles. The van der Waals surface area contributed by atoms with E-state index in [2.05, 4.69) is 15.6 Å². The number of carbonyl (C=O) groups excluding carboxylic acids is 1. The fourth-order valence-corrected chi connectivity index (χ4v) is 3.94. The van der Waals surface area contributed by atoms with Crippen molar-refractivity contribution >= 4 is 46.5 Å². The Morgan fingerprint density at radius 1 is 1.35 bits per heavy atom. The largest absolute Gasteiger partial charge is 0.454 e. The van der Waals surface area contributed by atoms with Crippen LogP contribution in [0.15, 0.2) is 23.6 Å². The summed E-state index contributed by atoms with van der Waals surface area (Å²) in [6.07, 6.45) is 0. The molecule has 1 amide bonds. The van der Waals surface area contributed by atoms with Crippen molar-refractivity contribution in [3.05, 3.63) is 23.6 Å². The summed E-state index contributed by atoms with van der Waals surface area (Å²) in [5.74, 6) is 3.06. The predicted molar refractivity (Wildman–Crippen MR) is 93.8 cm³/mol. The Balaban J connectivity index is 0.00000156. The van der Waals surface area contributed by atoms with Crippen molar-refractivity contribution in [1.29, 1.82) is 0 Å². The molecule has 9 heteroatoms. The Morgan fingerprint density at radius 3 is 3.04 bits per heavy atom. The molecule has 2 aliphatic rings. The van der Waals surface area contributed by atoms with Gasteiger partial charge in [0.1, 0.15) is 0 Å². The summed E-state index contributed by atoms with van der Waals surface area (Å²) in [5.41, 5.74) is 1.75. The molecule has 1 unspecified atom stereocenters. The van der Waals surface area contributed by atoms with Gasteiger partial charge in [-0.05, 0) is 18.2 Å². The summed E-state index contributed by atoms with van der Waals surface area (Å²) in [7, 11) is 0. The van der Waals surface area contributed by atoms with Crippen LogP contribution in [0.5, 0.6) is 11.5 Å². The van der Waals surface area contributed by atoms with Crippen LogP contribution >= 0.6 is 35.5 Å². The number of nitrogens with one attached hydrogen (secondary N) is 2. The lowest BCUT2D eigenvalue weighted by molar-refractivity contribution is -0.117. The third-order valence-electron chi connectivity index (χ3n) is 3.44. The molecule has 1 fully saturated rings. The number of aromatic nitrogens is 1. The van der Waals surface area contributed by atoms with E-state index in [0.717, 1.165) is 34.4 Å². The van der Waals surface area contributed by atoms with Crippen molar-refractivity contribution in [2.45, 2.75) is 6.04 Å². The van der Waals surface area contributed by atoms with Crippen LogP contribution in [0, 0.1) is 0 Å². The molecule has 0 spiro atoms. The molecule has 4 rings (SSSR count). The number of anilines is 1. The van der Waals surface area contributed by atoms with Crippen LogP contribution in [0.1, 0.15) is 0 Å². The lowest BCUT2D eigenvalue weighted by Crippen LogP contribution is -2.37. The fraction of sp³-hybridized carbons (Fsp3) is 0.286. The second-order valence-electron chi connectivity index (χ2n) is 4.87. The van der Waals surface area contributed by atoms with E-state index in [1.807, 2.05) is 23.6 Å². The van der Waals surface area contributed by atoms with Crippen molar-refractivity contribution in [2.24, 2.45) is 0 Å². The van der Waals surface area contributed by atoms with Gasteiger partial charge >= 0.3 is 0 Å². The molecule has 1 aromatic heterocycles. The van der Waals surface area contributed by atoms with E-state index < -0.39 is 0 Å². The van der Waals surface area contributed by atoms with E-state index in [1.54, 1.807) is 11.8 Å². The van der Waals surface area contributed by atoms with Crippen molar-refractivity contribution < 1.29 is 14.3 Å². The highest BCUT2D eigenvalue weighted by atomic mass is 35.5. The zero-order chi connectivity index (χ0) is 14.9. The molecule has 1 atom stereocenters. The Hall–Kier alpha value is -1.48. The van der Waals surface area contributed by atoms with E-state index in [4.69, 9.17) is 9.47 Å². The number of rotatable bonds is 3. The zero-order valence-electron chi connectivity index (χ0n) is 11.9. The first-order valence-electron chi connectivity index (χ1n) is 6.77. The van der Waals surface area contributed by atoms with Crippen LogP contribution in [0.3, 0.4) is 0 Å². The maximum absolute atomic E-state index is 12.1. The van der Waals surface area contributed by atoms with E-state index in [9.17, 15) is 4.79 Å². The summed E-state index contributed by atoms with van der Waals surface area (Å²) in [6.45, 7) is 0.254. The van der Waals surface area contributed by atoms with E-state index in [-0.39, 0.29) is 31.1 Å². The lowest BCUT2D eigenvalue weighted by atomic mass is 10.1. The molecule has 2 aliphatic heterocycles. The Morgan fingerprint density at radius 2 is 2.22 bits per heavy atom. The van der Waals surface area contributed by atoms with Gasteiger partial charge in [-0.2, -0.15) is 0 Å². The molecule has 3 heterocycles. The normalized spacial score (nSPS) is 18.5. The highest BCUT2D eigenvalue weighted by Crippen LogP contribution is 2.36. The number of amides is 1. The number of nitrogens with zero attached hydrogens (tertiary/aromatic N) is 1. The lowest BCUT2D eigenvalue weighted by Gasteiger charge is -2.07. The van der Waals surface area contributed by atoms with Gasteiger partial charge in [0.05, 0.1) is 11.7 Å². The molecule has 23 heavy (non-hydrogen) atoms. The number of thioether (sulfide) groups is 1. The highest BCUT2D eigenvalue weighted by molar-refractivity contribution is 7.99. The summed E-state index contributed by atoms with van der Waals surface area (Å²) in [6, 6.07) is 5.57. The SMILES string of the molecule is Cl.O=C(Nc1nc(-c2ccc3c(c2)OCO3)cs1)C1CSCN1. The average Bonchev–Trinajstić information content (AvgIpc) is 3.27. The molecule has 1 saturated heterocycles. The van der Waals surface area contributed by atoms with Crippen molar-refractivity contribution in [1.82, 2.24) is 10.3 Å². The zero-order valence-corrected chi connectivity index (χ0v) is 14.4. The third-order valence-corrected chi connectivity index (χ3v) is 5.13. The standard InChI is InChI=1S/C14H13N3O3S2.ClH/c18-13(10-4-21-6-15-10)17-14-16-9(5-22-14)8-1-2-11-12(3-8)20-7-19-11;/h1-3,5,10,15H,4,6-7H2,(H,16,17,18);1H. The minimum absolute atomic E-state index is 0. The van der Waals surface area contributed by atoms with Crippen LogP contribution in [0.4, 0.5) is 5.13 Å². The fourth-order valence-electron chi connectivity index (χ4n) is 2.28. The van der Waals surface area contributed by atoms with Gasteiger partial charge < -0.3 is 14.8 Å². The van der Waals surface area contributed by atoms with Crippen LogP contribution < -0.4 is 20.1 Å². The summed E-state index contributed by atoms with van der Waals surface area (Å²) in [5, 5.41) is 8.53. The van der Waals surface area contributed by atoms with Gasteiger partial charge in [0.25, 0.3) is 0 Å². The van der Waals surface area contributed by atoms with Crippen LogP contribution in [0.2, 0.25) is 0 Å². The molecule has 122 valence electrons. The second-order valence-corrected chi connectivity index (χ2v) is 6.76. The number of benzene rings is 1. The number of thiazole rings is 1. The Labute approximate surface area is 147 Å². The minimum Gasteiger partial charge on any atom is -0.454 e. The number of halogens is 1. The molecular formula is C14H14ClN3O3S2. The van der Waals surface area contributed by atoms with Gasteiger partial charge in [-0.15, -0.1) is 35.5 Å². The molecule has 2 aromatic rings. The maximum atomic E-state index is 12.1. The van der Waals surface area contributed by atoms with Gasteiger partial charge in [-0.25, -0.2) is 4.98 Å². The molecule has 1 aromatic carbocycles. The molecular weight excluding hydrogens is 358 g/mol. The molecule has 0 bridgehead atoms. The topological polar surface area (TPSA) is 72.5 Å². The molecule has 0 radical (unpaired) electrons. The number of hydrogen-bond donors (Lipinski definition) is 2. The predicted octanol–water partition coefficient (Wildman–Crippen LogP) is 2.56. The van der Waals surface area contributed by atoms with Gasteiger partial charge in [-0.3, -0.25) is 10.1 Å². The van der Waals surface area contributed by atoms with E-state index in [0.29, 0.717) is 5.13 Å². The minimum atomic E-state index is -0.136. The van der Waals surface area contributed by atoms with Gasteiger partial charge in [0.2, 0.25) is 12.7 Å². The highest BCUT2D eigenvalue weighted by Gasteiger charge is 2.23. The van der Waals surface area contributed by atoms with Crippen molar-refractivity contribution in [3.63, 3.8) is 0 Å². The van der Waals surface area contributed by atoms with E-state index in [1.165, 1.54) is 11.3 Å². The molecule has 6 nitrogen and oxygen atoms in total. The Bertz CT molecular complexity index is 719. The van der Waals surface area contributed by atoms with Gasteiger partial charge in [-0.1, -0.05) is 0 Å². The number of carbonyl (C=O) groups is 1. The van der Waals surface area contributed by atoms with Gasteiger partial charge in [0, 0.05) is 22.6 Å². The quantitative estimate of drug-likeness (QED) is 0.864. The number of fused-ring (bicyclic) bond motifs is 1. The van der Waals surface area contributed by atoms with E-state index >= 15 is 0 Å². The smallest absolute Gasteiger partial charge is 0.244 e. The van der Waals surface area contributed by atoms with Gasteiger partial charge in [0.15, 0.2) is 16.6 Å².